The van der Waals surface area contributed by atoms with Crippen molar-refractivity contribution in [2.45, 2.75) is 51.8 Å². The summed E-state index contributed by atoms with van der Waals surface area (Å²) in [7, 11) is 0. The summed E-state index contributed by atoms with van der Waals surface area (Å²) in [6.07, 6.45) is 3.11. The number of likely N-dealkylation sites (tertiary alicyclic amines) is 1. The standard InChI is InChI=1S/C13H22N4O3.ClH/c1-9(14)11-5-3-4-6-17(11)13(18)8-19-7-12-15-10(2)16-20-12;/h9,11H,3-8,14H2,1-2H3;1H. The summed E-state index contributed by atoms with van der Waals surface area (Å²) in [5.74, 6) is 0.920. The third-order valence-corrected chi connectivity index (χ3v) is 3.50. The number of amides is 1. The largest absolute Gasteiger partial charge is 0.362 e. The lowest BCUT2D eigenvalue weighted by Gasteiger charge is -2.38. The Morgan fingerprint density at radius 3 is 2.95 bits per heavy atom. The van der Waals surface area contributed by atoms with Gasteiger partial charge in [0.05, 0.1) is 0 Å². The summed E-state index contributed by atoms with van der Waals surface area (Å²) in [4.78, 5) is 18.0. The minimum atomic E-state index is -0.0248. The third-order valence-electron chi connectivity index (χ3n) is 3.50. The molecule has 2 atom stereocenters. The summed E-state index contributed by atoms with van der Waals surface area (Å²) < 4.78 is 10.3. The minimum Gasteiger partial charge on any atom is -0.362 e. The first-order chi connectivity index (χ1) is 9.58. The SMILES string of the molecule is Cc1noc(COCC(=O)N2CCCCC2C(C)N)n1.Cl. The highest BCUT2D eigenvalue weighted by Gasteiger charge is 2.29. The molecule has 2 unspecified atom stereocenters. The third kappa shape index (κ3) is 4.94. The van der Waals surface area contributed by atoms with E-state index < -0.39 is 0 Å². The van der Waals surface area contributed by atoms with Gasteiger partial charge < -0.3 is 19.9 Å². The first-order valence-electron chi connectivity index (χ1n) is 7.00. The molecule has 0 aromatic carbocycles. The van der Waals surface area contributed by atoms with Crippen molar-refractivity contribution >= 4 is 18.3 Å². The second-order valence-electron chi connectivity index (χ2n) is 5.24. The number of rotatable bonds is 5. The molecule has 120 valence electrons. The van der Waals surface area contributed by atoms with Crippen LogP contribution in [0.15, 0.2) is 4.52 Å². The van der Waals surface area contributed by atoms with Crippen LogP contribution in [0.2, 0.25) is 0 Å². The number of nitrogens with zero attached hydrogens (tertiary/aromatic N) is 3. The lowest BCUT2D eigenvalue weighted by molar-refractivity contribution is -0.141. The highest BCUT2D eigenvalue weighted by Crippen LogP contribution is 2.19. The first kappa shape index (κ1) is 17.9. The number of halogens is 1. The molecule has 0 aliphatic carbocycles. The second-order valence-corrected chi connectivity index (χ2v) is 5.24. The molecule has 0 bridgehead atoms. The number of hydrogen-bond acceptors (Lipinski definition) is 6. The monoisotopic (exact) mass is 318 g/mol. The van der Waals surface area contributed by atoms with E-state index >= 15 is 0 Å². The zero-order valence-corrected chi connectivity index (χ0v) is 13.3. The molecule has 1 aromatic rings. The average Bonchev–Trinajstić information content (AvgIpc) is 2.84. The van der Waals surface area contributed by atoms with Crippen LogP contribution in [0.3, 0.4) is 0 Å². The highest BCUT2D eigenvalue weighted by molar-refractivity contribution is 5.85. The van der Waals surface area contributed by atoms with E-state index in [2.05, 4.69) is 10.1 Å². The van der Waals surface area contributed by atoms with E-state index in [1.165, 1.54) is 0 Å². The Morgan fingerprint density at radius 1 is 1.57 bits per heavy atom. The zero-order valence-electron chi connectivity index (χ0n) is 12.4. The van der Waals surface area contributed by atoms with Crippen LogP contribution in [0.25, 0.3) is 0 Å². The number of aromatic nitrogens is 2. The van der Waals surface area contributed by atoms with E-state index in [0.29, 0.717) is 11.7 Å². The molecule has 1 amide bonds. The topological polar surface area (TPSA) is 94.5 Å². The van der Waals surface area contributed by atoms with Crippen LogP contribution in [-0.4, -0.2) is 46.2 Å². The van der Waals surface area contributed by atoms with Gasteiger partial charge in [-0.2, -0.15) is 4.98 Å². The van der Waals surface area contributed by atoms with Gasteiger partial charge in [0.15, 0.2) is 5.82 Å². The lowest BCUT2D eigenvalue weighted by Crippen LogP contribution is -2.52. The molecule has 21 heavy (non-hydrogen) atoms. The summed E-state index contributed by atoms with van der Waals surface area (Å²) in [6, 6.07) is 0.100. The van der Waals surface area contributed by atoms with Gasteiger partial charge in [-0.3, -0.25) is 4.79 Å². The Bertz CT molecular complexity index is 452. The van der Waals surface area contributed by atoms with Crippen molar-refractivity contribution in [3.05, 3.63) is 11.7 Å². The van der Waals surface area contributed by atoms with Gasteiger partial charge in [0.1, 0.15) is 13.2 Å². The molecular formula is C13H23ClN4O3. The maximum absolute atomic E-state index is 12.2. The fraction of sp³-hybridized carbons (Fsp3) is 0.769. The summed E-state index contributed by atoms with van der Waals surface area (Å²) in [5.41, 5.74) is 5.95. The maximum atomic E-state index is 12.2. The van der Waals surface area contributed by atoms with E-state index in [9.17, 15) is 4.79 Å². The van der Waals surface area contributed by atoms with Crippen LogP contribution in [0.5, 0.6) is 0 Å². The van der Waals surface area contributed by atoms with Crippen LogP contribution in [0.4, 0.5) is 0 Å². The maximum Gasteiger partial charge on any atom is 0.252 e. The van der Waals surface area contributed by atoms with Gasteiger partial charge in [0.25, 0.3) is 5.89 Å². The van der Waals surface area contributed by atoms with E-state index in [1.54, 1.807) is 6.92 Å². The van der Waals surface area contributed by atoms with Gasteiger partial charge in [-0.15, -0.1) is 12.4 Å². The van der Waals surface area contributed by atoms with Gasteiger partial charge >= 0.3 is 0 Å². The molecule has 1 saturated heterocycles. The molecule has 2 N–H and O–H groups in total. The summed E-state index contributed by atoms with van der Waals surface area (Å²) in [6.45, 7) is 4.61. The van der Waals surface area contributed by atoms with Crippen LogP contribution in [0, 0.1) is 6.92 Å². The number of hydrogen-bond donors (Lipinski definition) is 1. The summed E-state index contributed by atoms with van der Waals surface area (Å²) >= 11 is 0. The van der Waals surface area contributed by atoms with Crippen LogP contribution >= 0.6 is 12.4 Å². The lowest BCUT2D eigenvalue weighted by atomic mass is 9.97. The molecule has 2 heterocycles. The smallest absolute Gasteiger partial charge is 0.252 e. The molecule has 8 heteroatoms. The molecule has 0 spiro atoms. The molecule has 0 radical (unpaired) electrons. The molecular weight excluding hydrogens is 296 g/mol. The molecule has 1 aromatic heterocycles. The molecule has 1 fully saturated rings. The Morgan fingerprint density at radius 2 is 2.33 bits per heavy atom. The molecule has 2 rings (SSSR count). The number of carbonyl (C=O) groups excluding carboxylic acids is 1. The number of piperidine rings is 1. The number of ether oxygens (including phenoxy) is 1. The van der Waals surface area contributed by atoms with Gasteiger partial charge in [-0.25, -0.2) is 0 Å². The number of carbonyl (C=O) groups is 1. The predicted octanol–water partition coefficient (Wildman–Crippen LogP) is 1.04. The van der Waals surface area contributed by atoms with Crippen molar-refractivity contribution in [1.82, 2.24) is 15.0 Å². The fourth-order valence-corrected chi connectivity index (χ4v) is 2.52. The van der Waals surface area contributed by atoms with E-state index in [1.807, 2.05) is 11.8 Å². The Kier molecular flexibility index (Phi) is 7.07. The average molecular weight is 319 g/mol. The van der Waals surface area contributed by atoms with E-state index in [-0.39, 0.29) is 43.6 Å². The van der Waals surface area contributed by atoms with E-state index in [0.717, 1.165) is 25.8 Å². The Hall–Kier alpha value is -1.18. The Balaban J connectivity index is 0.00000220. The summed E-state index contributed by atoms with van der Waals surface area (Å²) in [5, 5.41) is 3.66. The molecule has 0 saturated carbocycles. The first-order valence-corrected chi connectivity index (χ1v) is 7.00. The van der Waals surface area contributed by atoms with Crippen molar-refractivity contribution in [1.29, 1.82) is 0 Å². The predicted molar refractivity (Wildman–Crippen MR) is 78.9 cm³/mol. The van der Waals surface area contributed by atoms with Gasteiger partial charge in [-0.1, -0.05) is 5.16 Å². The zero-order chi connectivity index (χ0) is 14.5. The highest BCUT2D eigenvalue weighted by atomic mass is 35.5. The number of nitrogens with two attached hydrogens (primary N) is 1. The second kappa shape index (κ2) is 8.31. The quantitative estimate of drug-likeness (QED) is 0.871. The van der Waals surface area contributed by atoms with Crippen molar-refractivity contribution in [3.63, 3.8) is 0 Å². The van der Waals surface area contributed by atoms with Crippen molar-refractivity contribution in [3.8, 4) is 0 Å². The van der Waals surface area contributed by atoms with Crippen molar-refractivity contribution in [2.75, 3.05) is 13.2 Å². The van der Waals surface area contributed by atoms with Crippen LogP contribution in [-0.2, 0) is 16.1 Å². The Labute approximate surface area is 130 Å². The molecule has 7 nitrogen and oxygen atoms in total. The number of aryl methyl sites for hydroxylation is 1. The van der Waals surface area contributed by atoms with Crippen molar-refractivity contribution in [2.24, 2.45) is 5.73 Å². The normalized spacial score (nSPS) is 20.0. The van der Waals surface area contributed by atoms with E-state index in [4.69, 9.17) is 15.0 Å². The molecule has 1 aliphatic rings. The van der Waals surface area contributed by atoms with Gasteiger partial charge in [-0.05, 0) is 33.1 Å². The van der Waals surface area contributed by atoms with Gasteiger partial charge in [0.2, 0.25) is 5.91 Å². The van der Waals surface area contributed by atoms with Crippen LogP contribution < -0.4 is 5.73 Å². The fourth-order valence-electron chi connectivity index (χ4n) is 2.52. The molecule has 1 aliphatic heterocycles. The van der Waals surface area contributed by atoms with Gasteiger partial charge in [0, 0.05) is 18.6 Å². The minimum absolute atomic E-state index is 0. The van der Waals surface area contributed by atoms with Crippen molar-refractivity contribution < 1.29 is 14.1 Å². The van der Waals surface area contributed by atoms with Crippen LogP contribution in [0.1, 0.15) is 37.9 Å².